The van der Waals surface area contributed by atoms with Gasteiger partial charge in [-0.15, -0.1) is 0 Å². The van der Waals surface area contributed by atoms with Crippen LogP contribution in [0.4, 0.5) is 8.78 Å². The Kier molecular flexibility index (Phi) is 2.30. The fraction of sp³-hybridized carbons (Fsp3) is 0.300. The highest BCUT2D eigenvalue weighted by Gasteiger charge is 2.54. The minimum atomic E-state index is -1.34. The summed E-state index contributed by atoms with van der Waals surface area (Å²) in [4.78, 5) is 10.9. The molecular weight excluding hydrogens is 270 g/mol. The summed E-state index contributed by atoms with van der Waals surface area (Å²) in [6.07, 6.45) is 0.579. The summed E-state index contributed by atoms with van der Waals surface area (Å²) in [6, 6.07) is 2.17. The smallest absolute Gasteiger partial charge is 0.314 e. The summed E-state index contributed by atoms with van der Waals surface area (Å²) in [5.41, 5.74) is -1.66. The molecule has 1 aliphatic rings. The van der Waals surface area contributed by atoms with E-state index in [1.165, 1.54) is 0 Å². The number of halogens is 3. The van der Waals surface area contributed by atoms with Gasteiger partial charge in [0.15, 0.2) is 0 Å². The molecule has 0 aromatic heterocycles. The van der Waals surface area contributed by atoms with Gasteiger partial charge in [-0.3, -0.25) is 4.79 Å². The summed E-state index contributed by atoms with van der Waals surface area (Å²) in [5.74, 6) is -2.77. The minimum Gasteiger partial charge on any atom is -0.481 e. The highest BCUT2D eigenvalue weighted by molar-refractivity contribution is 9.10. The van der Waals surface area contributed by atoms with E-state index >= 15 is 0 Å². The van der Waals surface area contributed by atoms with Gasteiger partial charge in [-0.05, 0) is 25.0 Å². The van der Waals surface area contributed by atoms with E-state index < -0.39 is 23.0 Å². The summed E-state index contributed by atoms with van der Waals surface area (Å²) < 4.78 is 27.2. The Labute approximate surface area is 93.0 Å². The molecule has 1 fully saturated rings. The molecule has 0 aliphatic heterocycles. The summed E-state index contributed by atoms with van der Waals surface area (Å²) in [7, 11) is 0. The summed E-state index contributed by atoms with van der Waals surface area (Å²) >= 11 is 2.94. The zero-order valence-electron chi connectivity index (χ0n) is 7.56. The second-order valence-electron chi connectivity index (χ2n) is 3.63. The first kappa shape index (κ1) is 10.5. The third-order valence-electron chi connectivity index (χ3n) is 2.64. The third kappa shape index (κ3) is 1.55. The van der Waals surface area contributed by atoms with Crippen LogP contribution >= 0.6 is 15.9 Å². The van der Waals surface area contributed by atoms with Gasteiger partial charge in [0.1, 0.15) is 11.6 Å². The molecule has 0 amide bonds. The van der Waals surface area contributed by atoms with E-state index in [4.69, 9.17) is 5.11 Å². The molecule has 0 spiro atoms. The zero-order chi connectivity index (χ0) is 11.2. The highest BCUT2D eigenvalue weighted by Crippen LogP contribution is 2.50. The number of carboxylic acid groups (broad SMARTS) is 1. The lowest BCUT2D eigenvalue weighted by atomic mass is 9.95. The SMILES string of the molecule is O=C(O)C1(c2c(F)cc(Br)cc2F)CC1. The Hall–Kier alpha value is -0.970. The van der Waals surface area contributed by atoms with Gasteiger partial charge in [-0.25, -0.2) is 8.78 Å². The average Bonchev–Trinajstić information content (AvgIpc) is 2.83. The molecule has 1 aliphatic carbocycles. The molecule has 0 bridgehead atoms. The maximum Gasteiger partial charge on any atom is 0.314 e. The Morgan fingerprint density at radius 3 is 2.13 bits per heavy atom. The molecule has 0 radical (unpaired) electrons. The van der Waals surface area contributed by atoms with E-state index in [1.807, 2.05) is 0 Å². The van der Waals surface area contributed by atoms with Crippen molar-refractivity contribution < 1.29 is 18.7 Å². The standard InChI is InChI=1S/C10H7BrF2O2/c11-5-3-6(12)8(7(13)4-5)10(1-2-10)9(14)15/h3-4H,1-2H2,(H,14,15). The van der Waals surface area contributed by atoms with Crippen molar-refractivity contribution in [3.8, 4) is 0 Å². The Bertz CT molecular complexity index is 418. The fourth-order valence-corrected chi connectivity index (χ4v) is 2.10. The second kappa shape index (κ2) is 3.27. The molecule has 0 unspecified atom stereocenters. The number of hydrogen-bond donors (Lipinski definition) is 1. The van der Waals surface area contributed by atoms with Crippen LogP contribution in [-0.2, 0) is 10.2 Å². The van der Waals surface area contributed by atoms with Gasteiger partial charge in [-0.2, -0.15) is 0 Å². The van der Waals surface area contributed by atoms with Crippen LogP contribution in [0.5, 0.6) is 0 Å². The molecular formula is C10H7BrF2O2. The van der Waals surface area contributed by atoms with Gasteiger partial charge in [0.2, 0.25) is 0 Å². The normalized spacial score (nSPS) is 17.5. The van der Waals surface area contributed by atoms with E-state index in [2.05, 4.69) is 15.9 Å². The van der Waals surface area contributed by atoms with Crippen LogP contribution in [0.3, 0.4) is 0 Å². The van der Waals surface area contributed by atoms with Crippen molar-refractivity contribution in [2.45, 2.75) is 18.3 Å². The predicted molar refractivity (Wildman–Crippen MR) is 52.6 cm³/mol. The van der Waals surface area contributed by atoms with Gasteiger partial charge in [0, 0.05) is 10.0 Å². The maximum atomic E-state index is 13.5. The van der Waals surface area contributed by atoms with Crippen molar-refractivity contribution in [1.82, 2.24) is 0 Å². The maximum absolute atomic E-state index is 13.5. The minimum absolute atomic E-state index is 0.266. The molecule has 2 rings (SSSR count). The first-order valence-corrected chi connectivity index (χ1v) is 5.15. The number of rotatable bonds is 2. The van der Waals surface area contributed by atoms with Crippen molar-refractivity contribution in [3.05, 3.63) is 33.8 Å². The average molecular weight is 277 g/mol. The van der Waals surface area contributed by atoms with E-state index in [9.17, 15) is 13.6 Å². The van der Waals surface area contributed by atoms with Crippen molar-refractivity contribution in [1.29, 1.82) is 0 Å². The van der Waals surface area contributed by atoms with Crippen LogP contribution < -0.4 is 0 Å². The van der Waals surface area contributed by atoms with Crippen LogP contribution in [0.1, 0.15) is 18.4 Å². The van der Waals surface area contributed by atoms with Crippen LogP contribution in [0.15, 0.2) is 16.6 Å². The van der Waals surface area contributed by atoms with E-state index in [-0.39, 0.29) is 22.9 Å². The van der Waals surface area contributed by atoms with E-state index in [1.54, 1.807) is 0 Å². The van der Waals surface area contributed by atoms with Crippen LogP contribution in [0, 0.1) is 11.6 Å². The number of carbonyl (C=O) groups is 1. The molecule has 1 saturated carbocycles. The van der Waals surface area contributed by atoms with Gasteiger partial charge in [-0.1, -0.05) is 15.9 Å². The van der Waals surface area contributed by atoms with Gasteiger partial charge in [0.05, 0.1) is 5.41 Å². The molecule has 2 nitrogen and oxygen atoms in total. The lowest BCUT2D eigenvalue weighted by Gasteiger charge is -2.12. The van der Waals surface area contributed by atoms with Crippen molar-refractivity contribution in [2.24, 2.45) is 0 Å². The van der Waals surface area contributed by atoms with E-state index in [0.717, 1.165) is 12.1 Å². The molecule has 0 heterocycles. The molecule has 5 heteroatoms. The molecule has 0 atom stereocenters. The summed E-state index contributed by atoms with van der Waals surface area (Å²) in [5, 5.41) is 8.93. The van der Waals surface area contributed by atoms with Crippen molar-refractivity contribution in [3.63, 3.8) is 0 Å². The lowest BCUT2D eigenvalue weighted by Crippen LogP contribution is -2.22. The molecule has 1 aromatic carbocycles. The quantitative estimate of drug-likeness (QED) is 0.902. The molecule has 1 aromatic rings. The molecule has 80 valence electrons. The topological polar surface area (TPSA) is 37.3 Å². The number of carboxylic acids is 1. The van der Waals surface area contributed by atoms with Crippen LogP contribution in [0.25, 0.3) is 0 Å². The van der Waals surface area contributed by atoms with Crippen LogP contribution in [0.2, 0.25) is 0 Å². The lowest BCUT2D eigenvalue weighted by molar-refractivity contribution is -0.140. The first-order valence-electron chi connectivity index (χ1n) is 4.36. The Morgan fingerprint density at radius 2 is 1.80 bits per heavy atom. The second-order valence-corrected chi connectivity index (χ2v) is 4.55. The van der Waals surface area contributed by atoms with Crippen molar-refractivity contribution >= 4 is 21.9 Å². The largest absolute Gasteiger partial charge is 0.481 e. The van der Waals surface area contributed by atoms with Gasteiger partial charge < -0.3 is 5.11 Å². The van der Waals surface area contributed by atoms with Crippen LogP contribution in [-0.4, -0.2) is 11.1 Å². The summed E-state index contributed by atoms with van der Waals surface area (Å²) in [6.45, 7) is 0. The highest BCUT2D eigenvalue weighted by atomic mass is 79.9. The number of hydrogen-bond acceptors (Lipinski definition) is 1. The van der Waals surface area contributed by atoms with Crippen molar-refractivity contribution in [2.75, 3.05) is 0 Å². The van der Waals surface area contributed by atoms with Gasteiger partial charge >= 0.3 is 5.97 Å². The van der Waals surface area contributed by atoms with Gasteiger partial charge in [0.25, 0.3) is 0 Å². The predicted octanol–water partition coefficient (Wildman–Crippen LogP) is 2.84. The monoisotopic (exact) mass is 276 g/mol. The molecule has 15 heavy (non-hydrogen) atoms. The molecule has 1 N–H and O–H groups in total. The Balaban J connectivity index is 2.58. The number of benzene rings is 1. The number of aliphatic carboxylic acids is 1. The molecule has 0 saturated heterocycles. The van der Waals surface area contributed by atoms with E-state index in [0.29, 0.717) is 0 Å². The zero-order valence-corrected chi connectivity index (χ0v) is 9.14. The fourth-order valence-electron chi connectivity index (χ4n) is 1.70. The first-order chi connectivity index (χ1) is 6.97. The Morgan fingerprint density at radius 1 is 1.33 bits per heavy atom. The third-order valence-corrected chi connectivity index (χ3v) is 3.10.